The van der Waals surface area contributed by atoms with Crippen LogP contribution in [0, 0.1) is 0 Å². The quantitative estimate of drug-likeness (QED) is 0.697. The molecule has 0 spiro atoms. The smallest absolute Gasteiger partial charge is 0.252 e. The van der Waals surface area contributed by atoms with Crippen molar-refractivity contribution >= 4 is 27.3 Å². The Labute approximate surface area is 164 Å². The van der Waals surface area contributed by atoms with Gasteiger partial charge in [-0.1, -0.05) is 6.07 Å². The van der Waals surface area contributed by atoms with Crippen LogP contribution in [-0.2, 0) is 21.4 Å². The van der Waals surface area contributed by atoms with Gasteiger partial charge in [0.15, 0.2) is 0 Å². The van der Waals surface area contributed by atoms with Crippen molar-refractivity contribution in [2.75, 3.05) is 33.7 Å². The Kier molecular flexibility index (Phi) is 6.36. The van der Waals surface area contributed by atoms with Crippen molar-refractivity contribution in [3.63, 3.8) is 0 Å². The summed E-state index contributed by atoms with van der Waals surface area (Å²) in [5.74, 6) is 0.495. The van der Waals surface area contributed by atoms with E-state index in [9.17, 15) is 13.2 Å². The number of furan rings is 1. The van der Waals surface area contributed by atoms with E-state index >= 15 is 0 Å². The van der Waals surface area contributed by atoms with E-state index in [1.807, 2.05) is 6.07 Å². The van der Waals surface area contributed by atoms with Gasteiger partial charge in [-0.05, 0) is 56.6 Å². The van der Waals surface area contributed by atoms with Gasteiger partial charge < -0.3 is 14.2 Å². The molecule has 3 rings (SSSR count). The summed E-state index contributed by atoms with van der Waals surface area (Å²) in [6.07, 6.45) is 3.31. The van der Waals surface area contributed by atoms with Gasteiger partial charge in [-0.25, -0.2) is 8.42 Å². The summed E-state index contributed by atoms with van der Waals surface area (Å²) in [5.41, 5.74) is 0. The fourth-order valence-corrected chi connectivity index (χ4v) is 5.55. The van der Waals surface area contributed by atoms with Crippen LogP contribution in [0.4, 0.5) is 0 Å². The van der Waals surface area contributed by atoms with E-state index in [0.29, 0.717) is 12.3 Å². The van der Waals surface area contributed by atoms with Crippen LogP contribution in [0.15, 0.2) is 44.5 Å². The largest absolute Gasteiger partial charge is 0.467 e. The molecule has 27 heavy (non-hydrogen) atoms. The zero-order valence-electron chi connectivity index (χ0n) is 15.6. The highest BCUT2D eigenvalue weighted by Gasteiger charge is 2.31. The predicted octanol–water partition coefficient (Wildman–Crippen LogP) is 2.08. The molecular weight excluding hydrogens is 386 g/mol. The second-order valence-electron chi connectivity index (χ2n) is 6.83. The van der Waals surface area contributed by atoms with Gasteiger partial charge >= 0.3 is 0 Å². The first kappa shape index (κ1) is 20.1. The number of carbonyl (C=O) groups is 1. The van der Waals surface area contributed by atoms with Crippen molar-refractivity contribution in [2.45, 2.75) is 29.6 Å². The number of carbonyl (C=O) groups excluding carboxylic acids is 1. The van der Waals surface area contributed by atoms with Gasteiger partial charge in [0.25, 0.3) is 10.0 Å². The molecule has 0 bridgehead atoms. The minimum absolute atomic E-state index is 0.0802. The molecule has 0 aliphatic carbocycles. The summed E-state index contributed by atoms with van der Waals surface area (Å²) < 4.78 is 32.1. The molecule has 3 heterocycles. The lowest BCUT2D eigenvalue weighted by molar-refractivity contribution is -0.135. The Morgan fingerprint density at radius 2 is 2.04 bits per heavy atom. The van der Waals surface area contributed by atoms with Crippen LogP contribution in [0.1, 0.15) is 18.6 Å². The number of piperidine rings is 1. The molecule has 0 N–H and O–H groups in total. The maximum absolute atomic E-state index is 13.0. The molecule has 0 saturated carbocycles. The average molecular weight is 412 g/mol. The monoisotopic (exact) mass is 411 g/mol. The molecule has 0 atom stereocenters. The van der Waals surface area contributed by atoms with Crippen LogP contribution in [0.5, 0.6) is 0 Å². The Morgan fingerprint density at radius 1 is 1.30 bits per heavy atom. The molecule has 0 unspecified atom stereocenters. The first-order valence-electron chi connectivity index (χ1n) is 8.88. The zero-order valence-corrected chi connectivity index (χ0v) is 17.2. The molecule has 9 heteroatoms. The van der Waals surface area contributed by atoms with Gasteiger partial charge in [-0.2, -0.15) is 4.31 Å². The first-order chi connectivity index (χ1) is 12.9. The fraction of sp³-hybridized carbons (Fsp3) is 0.500. The van der Waals surface area contributed by atoms with Gasteiger partial charge in [0, 0.05) is 13.1 Å². The molecule has 7 nitrogen and oxygen atoms in total. The zero-order chi connectivity index (χ0) is 19.4. The van der Waals surface area contributed by atoms with Crippen LogP contribution >= 0.6 is 11.3 Å². The summed E-state index contributed by atoms with van der Waals surface area (Å²) in [6.45, 7) is 1.99. The van der Waals surface area contributed by atoms with Crippen molar-refractivity contribution in [3.05, 3.63) is 41.7 Å². The standard InChI is InChI=1S/C18H25N3O4S2/c1-19-9-7-15(8-10-19)21(13-16-5-3-11-25-16)17(22)14-20(2)27(23,24)18-6-4-12-26-18/h3-6,11-12,15H,7-10,13-14H2,1-2H3. The van der Waals surface area contributed by atoms with Crippen molar-refractivity contribution < 1.29 is 17.6 Å². The molecule has 1 aliphatic heterocycles. The molecule has 2 aromatic rings. The number of hydrogen-bond donors (Lipinski definition) is 0. The lowest BCUT2D eigenvalue weighted by Crippen LogP contribution is -2.49. The molecule has 0 aromatic carbocycles. The summed E-state index contributed by atoms with van der Waals surface area (Å²) >= 11 is 1.15. The van der Waals surface area contributed by atoms with Crippen LogP contribution in [0.25, 0.3) is 0 Å². The van der Waals surface area contributed by atoms with E-state index in [0.717, 1.165) is 41.6 Å². The lowest BCUT2D eigenvalue weighted by atomic mass is 10.0. The third-order valence-electron chi connectivity index (χ3n) is 4.87. The summed E-state index contributed by atoms with van der Waals surface area (Å²) in [7, 11) is -0.136. The highest BCUT2D eigenvalue weighted by Crippen LogP contribution is 2.22. The van der Waals surface area contributed by atoms with E-state index < -0.39 is 10.0 Å². The Balaban J connectivity index is 1.74. The van der Waals surface area contributed by atoms with E-state index in [1.54, 1.807) is 34.7 Å². The molecule has 2 aromatic heterocycles. The van der Waals surface area contributed by atoms with E-state index in [1.165, 1.54) is 7.05 Å². The maximum Gasteiger partial charge on any atom is 0.252 e. The molecule has 1 amide bonds. The number of thiophene rings is 1. The first-order valence-corrected chi connectivity index (χ1v) is 11.2. The minimum Gasteiger partial charge on any atom is -0.467 e. The van der Waals surface area contributed by atoms with Crippen LogP contribution in [0.2, 0.25) is 0 Å². The number of hydrogen-bond acceptors (Lipinski definition) is 6. The molecule has 1 aliphatic rings. The van der Waals surface area contributed by atoms with Crippen molar-refractivity contribution in [1.82, 2.24) is 14.1 Å². The topological polar surface area (TPSA) is 74.1 Å². The van der Waals surface area contributed by atoms with E-state index in [4.69, 9.17) is 4.42 Å². The molecule has 1 fully saturated rings. The second kappa shape index (κ2) is 8.55. The average Bonchev–Trinajstić information content (AvgIpc) is 3.34. The fourth-order valence-electron chi connectivity index (χ4n) is 3.23. The van der Waals surface area contributed by atoms with Gasteiger partial charge in [0.2, 0.25) is 5.91 Å². The Hall–Kier alpha value is -1.68. The molecule has 148 valence electrons. The number of sulfonamides is 1. The lowest BCUT2D eigenvalue weighted by Gasteiger charge is -2.37. The van der Waals surface area contributed by atoms with Gasteiger partial charge in [-0.15, -0.1) is 11.3 Å². The van der Waals surface area contributed by atoms with E-state index in [-0.39, 0.29) is 22.7 Å². The summed E-state index contributed by atoms with van der Waals surface area (Å²) in [6, 6.07) is 6.95. The number of likely N-dealkylation sites (N-methyl/N-ethyl adjacent to an activating group) is 1. The SMILES string of the molecule is CN1CCC(N(Cc2ccco2)C(=O)CN(C)S(=O)(=O)c2cccs2)CC1. The highest BCUT2D eigenvalue weighted by molar-refractivity contribution is 7.91. The number of rotatable bonds is 7. The predicted molar refractivity (Wildman–Crippen MR) is 104 cm³/mol. The maximum atomic E-state index is 13.0. The van der Waals surface area contributed by atoms with Gasteiger partial charge in [0.05, 0.1) is 19.4 Å². The van der Waals surface area contributed by atoms with Crippen LogP contribution < -0.4 is 0 Å². The number of amides is 1. The highest BCUT2D eigenvalue weighted by atomic mass is 32.2. The van der Waals surface area contributed by atoms with Crippen LogP contribution in [-0.4, -0.2) is 68.2 Å². The van der Waals surface area contributed by atoms with Gasteiger partial charge in [-0.3, -0.25) is 4.79 Å². The van der Waals surface area contributed by atoms with Crippen molar-refractivity contribution in [3.8, 4) is 0 Å². The van der Waals surface area contributed by atoms with Crippen molar-refractivity contribution in [2.24, 2.45) is 0 Å². The third-order valence-corrected chi connectivity index (χ3v) is 8.05. The third kappa shape index (κ3) is 4.78. The normalized spacial score (nSPS) is 16.7. The minimum atomic E-state index is -3.65. The Bertz CT molecular complexity index is 826. The summed E-state index contributed by atoms with van der Waals surface area (Å²) in [5, 5.41) is 1.71. The van der Waals surface area contributed by atoms with E-state index in [2.05, 4.69) is 11.9 Å². The van der Waals surface area contributed by atoms with Crippen LogP contribution in [0.3, 0.4) is 0 Å². The second-order valence-corrected chi connectivity index (χ2v) is 10.0. The van der Waals surface area contributed by atoms with Gasteiger partial charge in [0.1, 0.15) is 9.97 Å². The summed E-state index contributed by atoms with van der Waals surface area (Å²) in [4.78, 5) is 17.1. The molecule has 0 radical (unpaired) electrons. The van der Waals surface area contributed by atoms with Crippen molar-refractivity contribution in [1.29, 1.82) is 0 Å². The molecule has 1 saturated heterocycles. The Morgan fingerprint density at radius 3 is 2.63 bits per heavy atom. The number of nitrogens with zero attached hydrogens (tertiary/aromatic N) is 3. The number of likely N-dealkylation sites (tertiary alicyclic amines) is 1. The molecular formula is C18H25N3O4S2.